The van der Waals surface area contributed by atoms with E-state index in [1.54, 1.807) is 26.1 Å². The number of hydrogen-bond donors (Lipinski definition) is 2. The molecule has 1 aromatic rings. The number of aliphatic hydroxyl groups is 1. The van der Waals surface area contributed by atoms with Crippen LogP contribution < -0.4 is 10.1 Å². The van der Waals surface area contributed by atoms with Gasteiger partial charge in [-0.25, -0.2) is 0 Å². The van der Waals surface area contributed by atoms with Crippen molar-refractivity contribution in [3.63, 3.8) is 0 Å². The number of carbonyl (C=O) groups is 1. The minimum Gasteiger partial charge on any atom is -0.493 e. The average molecular weight is 302 g/mol. The first-order chi connectivity index (χ1) is 8.04. The quantitative estimate of drug-likeness (QED) is 0.875. The van der Waals surface area contributed by atoms with Gasteiger partial charge in [0, 0.05) is 17.1 Å². The van der Waals surface area contributed by atoms with Crippen LogP contribution in [0.15, 0.2) is 22.7 Å². The molecular formula is C12H16BrNO3. The van der Waals surface area contributed by atoms with Crippen molar-refractivity contribution in [2.45, 2.75) is 19.4 Å². The second kappa shape index (κ2) is 6.61. The molecule has 1 aromatic carbocycles. The molecule has 0 bridgehead atoms. The highest BCUT2D eigenvalue weighted by molar-refractivity contribution is 9.10. The topological polar surface area (TPSA) is 58.6 Å². The van der Waals surface area contributed by atoms with Gasteiger partial charge >= 0.3 is 0 Å². The number of rotatable bonds is 5. The molecule has 0 unspecified atom stereocenters. The fourth-order valence-corrected chi connectivity index (χ4v) is 1.70. The molecule has 4 nitrogen and oxygen atoms in total. The summed E-state index contributed by atoms with van der Waals surface area (Å²) in [6.45, 7) is 1.96. The molecule has 0 fully saturated rings. The van der Waals surface area contributed by atoms with E-state index in [0.717, 1.165) is 4.47 Å². The summed E-state index contributed by atoms with van der Waals surface area (Å²) in [5.41, 5.74) is 0.713. The Kier molecular flexibility index (Phi) is 5.44. The zero-order chi connectivity index (χ0) is 12.8. The molecule has 17 heavy (non-hydrogen) atoms. The van der Waals surface area contributed by atoms with E-state index in [4.69, 9.17) is 4.74 Å². The van der Waals surface area contributed by atoms with E-state index in [1.807, 2.05) is 6.07 Å². The lowest BCUT2D eigenvalue weighted by Crippen LogP contribution is -2.20. The van der Waals surface area contributed by atoms with Crippen LogP contribution in [-0.2, 0) is 4.79 Å². The lowest BCUT2D eigenvalue weighted by atomic mass is 10.1. The summed E-state index contributed by atoms with van der Waals surface area (Å²) in [7, 11) is 1.59. The van der Waals surface area contributed by atoms with Gasteiger partial charge in [0.2, 0.25) is 5.91 Å². The van der Waals surface area contributed by atoms with E-state index in [-0.39, 0.29) is 12.5 Å². The largest absolute Gasteiger partial charge is 0.493 e. The molecular weight excluding hydrogens is 286 g/mol. The second-order valence-electron chi connectivity index (χ2n) is 3.63. The molecule has 0 aromatic heterocycles. The lowest BCUT2D eigenvalue weighted by molar-refractivity contribution is -0.121. The van der Waals surface area contributed by atoms with Gasteiger partial charge in [-0.3, -0.25) is 4.79 Å². The molecule has 0 saturated carbocycles. The number of benzene rings is 1. The predicted octanol–water partition coefficient (Wildman–Crippen LogP) is 2.02. The van der Waals surface area contributed by atoms with Gasteiger partial charge in [0.15, 0.2) is 0 Å². The van der Waals surface area contributed by atoms with Crippen LogP contribution in [0.25, 0.3) is 0 Å². The fourth-order valence-electron chi connectivity index (χ4n) is 1.36. The zero-order valence-corrected chi connectivity index (χ0v) is 11.5. The Bertz CT molecular complexity index is 393. The molecule has 0 aliphatic heterocycles. The van der Waals surface area contributed by atoms with Crippen molar-refractivity contribution >= 4 is 21.8 Å². The number of nitrogens with one attached hydrogen (secondary N) is 1. The van der Waals surface area contributed by atoms with Crippen LogP contribution >= 0.6 is 15.9 Å². The third kappa shape index (κ3) is 4.36. The summed E-state index contributed by atoms with van der Waals surface area (Å²) >= 11 is 3.34. The Morgan fingerprint density at radius 2 is 2.29 bits per heavy atom. The summed E-state index contributed by atoms with van der Waals surface area (Å²) in [5.74, 6) is 0.525. The van der Waals surface area contributed by atoms with Crippen molar-refractivity contribution in [2.24, 2.45) is 0 Å². The third-order valence-electron chi connectivity index (χ3n) is 2.29. The van der Waals surface area contributed by atoms with Crippen molar-refractivity contribution in [1.82, 2.24) is 5.32 Å². The average Bonchev–Trinajstić information content (AvgIpc) is 2.28. The molecule has 0 aliphatic rings. The van der Waals surface area contributed by atoms with E-state index in [9.17, 15) is 9.90 Å². The molecule has 0 aliphatic carbocycles. The SMILES string of the molecule is CNC(=O)CCOc1cc(Br)ccc1[C@H](C)O. The highest BCUT2D eigenvalue weighted by atomic mass is 79.9. The maximum Gasteiger partial charge on any atom is 0.223 e. The Balaban J connectivity index is 2.68. The van der Waals surface area contributed by atoms with Gasteiger partial charge in [-0.2, -0.15) is 0 Å². The van der Waals surface area contributed by atoms with Gasteiger partial charge in [-0.05, 0) is 19.1 Å². The Hall–Kier alpha value is -1.07. The summed E-state index contributed by atoms with van der Waals surface area (Å²) in [6.07, 6.45) is -0.305. The third-order valence-corrected chi connectivity index (χ3v) is 2.78. The number of hydrogen-bond acceptors (Lipinski definition) is 3. The van der Waals surface area contributed by atoms with E-state index >= 15 is 0 Å². The maximum absolute atomic E-state index is 11.0. The number of aliphatic hydroxyl groups excluding tert-OH is 1. The van der Waals surface area contributed by atoms with E-state index in [1.165, 1.54) is 0 Å². The Morgan fingerprint density at radius 1 is 1.59 bits per heavy atom. The van der Waals surface area contributed by atoms with Crippen LogP contribution in [0, 0.1) is 0 Å². The monoisotopic (exact) mass is 301 g/mol. The Morgan fingerprint density at radius 3 is 2.88 bits per heavy atom. The number of amides is 1. The molecule has 2 N–H and O–H groups in total. The number of halogens is 1. The summed E-state index contributed by atoms with van der Waals surface area (Å²) in [4.78, 5) is 11.0. The highest BCUT2D eigenvalue weighted by Gasteiger charge is 2.10. The van der Waals surface area contributed by atoms with Crippen molar-refractivity contribution in [3.05, 3.63) is 28.2 Å². The minimum atomic E-state index is -0.599. The van der Waals surface area contributed by atoms with Gasteiger partial charge in [0.1, 0.15) is 5.75 Å². The zero-order valence-electron chi connectivity index (χ0n) is 9.87. The van der Waals surface area contributed by atoms with Gasteiger partial charge in [-0.15, -0.1) is 0 Å². The smallest absolute Gasteiger partial charge is 0.223 e. The molecule has 0 radical (unpaired) electrons. The van der Waals surface area contributed by atoms with Crippen molar-refractivity contribution in [3.8, 4) is 5.75 Å². The predicted molar refractivity (Wildman–Crippen MR) is 69.0 cm³/mol. The molecule has 0 spiro atoms. The summed E-state index contributed by atoms with van der Waals surface area (Å²) in [5, 5.41) is 12.1. The molecule has 5 heteroatoms. The van der Waals surface area contributed by atoms with Gasteiger partial charge in [0.25, 0.3) is 0 Å². The van der Waals surface area contributed by atoms with Crippen molar-refractivity contribution < 1.29 is 14.6 Å². The minimum absolute atomic E-state index is 0.0707. The highest BCUT2D eigenvalue weighted by Crippen LogP contribution is 2.28. The molecule has 0 saturated heterocycles. The molecule has 1 amide bonds. The summed E-state index contributed by atoms with van der Waals surface area (Å²) < 4.78 is 6.37. The molecule has 0 heterocycles. The van der Waals surface area contributed by atoms with Crippen LogP contribution in [0.3, 0.4) is 0 Å². The first-order valence-electron chi connectivity index (χ1n) is 5.35. The first kappa shape index (κ1) is 14.0. The van der Waals surface area contributed by atoms with Crippen LogP contribution in [0.1, 0.15) is 25.0 Å². The van der Waals surface area contributed by atoms with Crippen LogP contribution in [0.5, 0.6) is 5.75 Å². The van der Waals surface area contributed by atoms with Gasteiger partial charge in [0.05, 0.1) is 19.1 Å². The molecule has 1 atom stereocenters. The van der Waals surface area contributed by atoms with Gasteiger partial charge in [-0.1, -0.05) is 22.0 Å². The van der Waals surface area contributed by atoms with Crippen LogP contribution in [0.4, 0.5) is 0 Å². The summed E-state index contributed by atoms with van der Waals surface area (Å²) in [6, 6.07) is 5.42. The van der Waals surface area contributed by atoms with Crippen LogP contribution in [0.2, 0.25) is 0 Å². The van der Waals surface area contributed by atoms with Crippen LogP contribution in [-0.4, -0.2) is 24.7 Å². The number of ether oxygens (including phenoxy) is 1. The van der Waals surface area contributed by atoms with Crippen molar-refractivity contribution in [2.75, 3.05) is 13.7 Å². The normalized spacial score (nSPS) is 12.0. The number of carbonyl (C=O) groups excluding carboxylic acids is 1. The van der Waals surface area contributed by atoms with Crippen molar-refractivity contribution in [1.29, 1.82) is 0 Å². The first-order valence-corrected chi connectivity index (χ1v) is 6.14. The molecule has 1 rings (SSSR count). The second-order valence-corrected chi connectivity index (χ2v) is 4.55. The van der Waals surface area contributed by atoms with E-state index in [2.05, 4.69) is 21.2 Å². The maximum atomic E-state index is 11.0. The van der Waals surface area contributed by atoms with Gasteiger partial charge < -0.3 is 15.2 Å². The fraction of sp³-hybridized carbons (Fsp3) is 0.417. The Labute approximate surface area is 109 Å². The standard InChI is InChI=1S/C12H16BrNO3/c1-8(15)10-4-3-9(13)7-11(10)17-6-5-12(16)14-2/h3-4,7-8,15H,5-6H2,1-2H3,(H,14,16)/t8-/m0/s1. The molecule has 94 valence electrons. The lowest BCUT2D eigenvalue weighted by Gasteiger charge is -2.13. The van der Waals surface area contributed by atoms with E-state index < -0.39 is 6.10 Å². The van der Waals surface area contributed by atoms with E-state index in [0.29, 0.717) is 17.7 Å².